The van der Waals surface area contributed by atoms with Gasteiger partial charge in [0, 0.05) is 5.69 Å². The topological polar surface area (TPSA) is 105 Å². The minimum Gasteiger partial charge on any atom is -0.506 e. The first kappa shape index (κ1) is 12.2. The van der Waals surface area contributed by atoms with Crippen LogP contribution in [-0.4, -0.2) is 18.5 Å². The summed E-state index contributed by atoms with van der Waals surface area (Å²) in [5, 5.41) is 9.05. The molecule has 18 heavy (non-hydrogen) atoms. The molecule has 0 amide bonds. The Morgan fingerprint density at radius 3 is 2.33 bits per heavy atom. The van der Waals surface area contributed by atoms with Crippen molar-refractivity contribution in [3.05, 3.63) is 42.6 Å². The smallest absolute Gasteiger partial charge is 0.263 e. The highest BCUT2D eigenvalue weighted by Gasteiger charge is 2.14. The molecule has 2 aromatic rings. The molecule has 1 aromatic heterocycles. The standard InChI is InChI=1S/C11H11N3O3S/c12-8-1-4-10(5-2-8)18(16,17)14-11-6-3-9(15)7-13-11/h1-7,15H,12H2,(H,13,14). The molecule has 0 aliphatic carbocycles. The fourth-order valence-electron chi connectivity index (χ4n) is 1.29. The van der Waals surface area contributed by atoms with Crippen LogP contribution in [0.3, 0.4) is 0 Å². The zero-order chi connectivity index (χ0) is 13.2. The van der Waals surface area contributed by atoms with Gasteiger partial charge in [0.15, 0.2) is 0 Å². The van der Waals surface area contributed by atoms with E-state index in [0.717, 1.165) is 6.20 Å². The Balaban J connectivity index is 2.27. The molecule has 0 aliphatic heterocycles. The van der Waals surface area contributed by atoms with Crippen molar-refractivity contribution < 1.29 is 13.5 Å². The summed E-state index contributed by atoms with van der Waals surface area (Å²) in [6.45, 7) is 0. The van der Waals surface area contributed by atoms with Gasteiger partial charge in [-0.1, -0.05) is 0 Å². The molecule has 2 rings (SSSR count). The lowest BCUT2D eigenvalue weighted by molar-refractivity contribution is 0.473. The van der Waals surface area contributed by atoms with E-state index in [-0.39, 0.29) is 16.5 Å². The maximum atomic E-state index is 11.9. The van der Waals surface area contributed by atoms with Crippen LogP contribution < -0.4 is 10.5 Å². The van der Waals surface area contributed by atoms with E-state index in [4.69, 9.17) is 10.8 Å². The molecule has 0 saturated carbocycles. The predicted molar refractivity (Wildman–Crippen MR) is 67.6 cm³/mol. The maximum Gasteiger partial charge on any atom is 0.263 e. The van der Waals surface area contributed by atoms with Crippen molar-refractivity contribution >= 4 is 21.5 Å². The van der Waals surface area contributed by atoms with E-state index in [1.807, 2.05) is 0 Å². The van der Waals surface area contributed by atoms with Crippen LogP contribution in [0.5, 0.6) is 5.75 Å². The molecule has 0 bridgehead atoms. The first-order valence-electron chi connectivity index (χ1n) is 5.01. The number of aromatic hydroxyl groups is 1. The Morgan fingerprint density at radius 1 is 1.11 bits per heavy atom. The molecule has 1 heterocycles. The zero-order valence-corrected chi connectivity index (χ0v) is 10.1. The van der Waals surface area contributed by atoms with Crippen LogP contribution in [0.2, 0.25) is 0 Å². The van der Waals surface area contributed by atoms with Crippen LogP contribution in [0.1, 0.15) is 0 Å². The molecule has 6 nitrogen and oxygen atoms in total. The van der Waals surface area contributed by atoms with Crippen molar-refractivity contribution in [2.75, 3.05) is 10.5 Å². The van der Waals surface area contributed by atoms with Crippen molar-refractivity contribution in [3.8, 4) is 5.75 Å². The van der Waals surface area contributed by atoms with Crippen LogP contribution in [0.25, 0.3) is 0 Å². The van der Waals surface area contributed by atoms with Gasteiger partial charge < -0.3 is 10.8 Å². The number of sulfonamides is 1. The fraction of sp³-hybridized carbons (Fsp3) is 0. The molecule has 0 saturated heterocycles. The average molecular weight is 265 g/mol. The molecule has 0 aliphatic rings. The quantitative estimate of drug-likeness (QED) is 0.722. The molecule has 4 N–H and O–H groups in total. The normalized spacial score (nSPS) is 11.1. The lowest BCUT2D eigenvalue weighted by atomic mass is 10.3. The lowest BCUT2D eigenvalue weighted by Crippen LogP contribution is -2.13. The lowest BCUT2D eigenvalue weighted by Gasteiger charge is -2.07. The highest BCUT2D eigenvalue weighted by Crippen LogP contribution is 2.17. The van der Waals surface area contributed by atoms with E-state index in [9.17, 15) is 8.42 Å². The SMILES string of the molecule is Nc1ccc(S(=O)(=O)Nc2ccc(O)cn2)cc1. The second-order valence-electron chi connectivity index (χ2n) is 3.58. The van der Waals surface area contributed by atoms with Crippen molar-refractivity contribution in [1.82, 2.24) is 4.98 Å². The summed E-state index contributed by atoms with van der Waals surface area (Å²) < 4.78 is 26.2. The van der Waals surface area contributed by atoms with Gasteiger partial charge in [-0.15, -0.1) is 0 Å². The van der Waals surface area contributed by atoms with Crippen LogP contribution >= 0.6 is 0 Å². The monoisotopic (exact) mass is 265 g/mol. The van der Waals surface area contributed by atoms with Gasteiger partial charge in [0.05, 0.1) is 11.1 Å². The van der Waals surface area contributed by atoms with Crippen LogP contribution in [0, 0.1) is 0 Å². The summed E-state index contributed by atoms with van der Waals surface area (Å²) in [4.78, 5) is 3.83. The maximum absolute atomic E-state index is 11.9. The van der Waals surface area contributed by atoms with Gasteiger partial charge in [-0.2, -0.15) is 0 Å². The first-order valence-corrected chi connectivity index (χ1v) is 6.49. The molecule has 0 radical (unpaired) electrons. The molecular weight excluding hydrogens is 254 g/mol. The highest BCUT2D eigenvalue weighted by atomic mass is 32.2. The minimum atomic E-state index is -3.69. The van der Waals surface area contributed by atoms with Gasteiger partial charge in [0.25, 0.3) is 10.0 Å². The predicted octanol–water partition coefficient (Wildman–Crippen LogP) is 1.17. The summed E-state index contributed by atoms with van der Waals surface area (Å²) in [7, 11) is -3.69. The van der Waals surface area contributed by atoms with E-state index < -0.39 is 10.0 Å². The molecular formula is C11H11N3O3S. The number of nitrogens with two attached hydrogens (primary N) is 1. The van der Waals surface area contributed by atoms with Crippen molar-refractivity contribution in [3.63, 3.8) is 0 Å². The number of aromatic nitrogens is 1. The molecule has 0 fully saturated rings. The largest absolute Gasteiger partial charge is 0.506 e. The summed E-state index contributed by atoms with van der Waals surface area (Å²) in [5.74, 6) is 0.0926. The van der Waals surface area contributed by atoms with Gasteiger partial charge in [-0.05, 0) is 36.4 Å². The first-order chi connectivity index (χ1) is 8.47. The van der Waals surface area contributed by atoms with Crippen molar-refractivity contribution in [2.45, 2.75) is 4.90 Å². The van der Waals surface area contributed by atoms with Crippen LogP contribution in [-0.2, 0) is 10.0 Å². The van der Waals surface area contributed by atoms with Gasteiger partial charge in [-0.25, -0.2) is 13.4 Å². The third-order valence-corrected chi connectivity index (χ3v) is 3.55. The second kappa shape index (κ2) is 4.53. The van der Waals surface area contributed by atoms with Crippen LogP contribution in [0.4, 0.5) is 11.5 Å². The summed E-state index contributed by atoms with van der Waals surface area (Å²) in [6.07, 6.45) is 1.15. The van der Waals surface area contributed by atoms with Crippen molar-refractivity contribution in [2.24, 2.45) is 0 Å². The van der Waals surface area contributed by atoms with Gasteiger partial charge in [-0.3, -0.25) is 4.72 Å². The molecule has 7 heteroatoms. The molecule has 0 spiro atoms. The van der Waals surface area contributed by atoms with Crippen LogP contribution in [0.15, 0.2) is 47.5 Å². The number of rotatable bonds is 3. The molecule has 0 atom stereocenters. The van der Waals surface area contributed by atoms with Gasteiger partial charge in [0.1, 0.15) is 11.6 Å². The van der Waals surface area contributed by atoms with E-state index in [2.05, 4.69) is 9.71 Å². The van der Waals surface area contributed by atoms with Gasteiger partial charge in [0.2, 0.25) is 0 Å². The van der Waals surface area contributed by atoms with E-state index in [0.29, 0.717) is 5.69 Å². The number of nitrogens with one attached hydrogen (secondary N) is 1. The molecule has 1 aromatic carbocycles. The summed E-state index contributed by atoms with van der Waals surface area (Å²) in [5.41, 5.74) is 5.97. The Bertz CT molecular complexity index is 636. The Labute approximate surface area is 104 Å². The number of pyridine rings is 1. The third-order valence-electron chi connectivity index (χ3n) is 2.18. The number of nitrogens with zero attached hydrogens (tertiary/aromatic N) is 1. The minimum absolute atomic E-state index is 0.0366. The molecule has 0 unspecified atom stereocenters. The number of hydrogen-bond donors (Lipinski definition) is 3. The Hall–Kier alpha value is -2.28. The summed E-state index contributed by atoms with van der Waals surface area (Å²) >= 11 is 0. The number of anilines is 2. The highest BCUT2D eigenvalue weighted by molar-refractivity contribution is 7.92. The second-order valence-corrected chi connectivity index (χ2v) is 5.26. The van der Waals surface area contributed by atoms with E-state index >= 15 is 0 Å². The van der Waals surface area contributed by atoms with E-state index in [1.54, 1.807) is 0 Å². The fourth-order valence-corrected chi connectivity index (χ4v) is 2.30. The average Bonchev–Trinajstić information content (AvgIpc) is 2.32. The summed E-state index contributed by atoms with van der Waals surface area (Å²) in [6, 6.07) is 8.51. The number of hydrogen-bond acceptors (Lipinski definition) is 5. The third kappa shape index (κ3) is 2.69. The van der Waals surface area contributed by atoms with Crippen molar-refractivity contribution in [1.29, 1.82) is 0 Å². The Kier molecular flexibility index (Phi) is 3.07. The van der Waals surface area contributed by atoms with Gasteiger partial charge >= 0.3 is 0 Å². The zero-order valence-electron chi connectivity index (χ0n) is 9.24. The van der Waals surface area contributed by atoms with E-state index in [1.165, 1.54) is 36.4 Å². The number of benzene rings is 1. The Morgan fingerprint density at radius 2 is 1.78 bits per heavy atom. The molecule has 94 valence electrons. The number of nitrogen functional groups attached to an aromatic ring is 1.